The van der Waals surface area contributed by atoms with Crippen LogP contribution in [0.3, 0.4) is 0 Å². The van der Waals surface area contributed by atoms with Gasteiger partial charge in [0.1, 0.15) is 0 Å². The Balaban J connectivity index is 2.28. The number of hydrogen-bond donors (Lipinski definition) is 0. The van der Waals surface area contributed by atoms with Crippen LogP contribution in [-0.2, 0) is 4.79 Å². The molecule has 1 rings (SSSR count). The SMILES string of the molecule is CC1CCN(C(=O)CCC#N)CC1. The molecular weight excluding hydrogens is 164 g/mol. The fourth-order valence-corrected chi connectivity index (χ4v) is 1.58. The molecule has 0 bridgehead atoms. The maximum Gasteiger partial charge on any atom is 0.223 e. The van der Waals surface area contributed by atoms with E-state index in [1.807, 2.05) is 11.0 Å². The first-order chi connectivity index (χ1) is 6.24. The van der Waals surface area contributed by atoms with E-state index in [4.69, 9.17) is 5.26 Å². The minimum atomic E-state index is 0.147. The molecule has 72 valence electrons. The molecule has 0 atom stereocenters. The average Bonchev–Trinajstić information content (AvgIpc) is 2.15. The van der Waals surface area contributed by atoms with Gasteiger partial charge in [0.05, 0.1) is 6.07 Å². The molecule has 1 aliphatic heterocycles. The molecule has 1 amide bonds. The van der Waals surface area contributed by atoms with E-state index in [9.17, 15) is 4.79 Å². The first kappa shape index (κ1) is 10.0. The lowest BCUT2D eigenvalue weighted by atomic mass is 9.99. The fourth-order valence-electron chi connectivity index (χ4n) is 1.58. The number of likely N-dealkylation sites (tertiary alicyclic amines) is 1. The summed E-state index contributed by atoms with van der Waals surface area (Å²) >= 11 is 0. The Bertz CT molecular complexity index is 211. The predicted octanol–water partition coefficient (Wildman–Crippen LogP) is 1.55. The minimum Gasteiger partial charge on any atom is -0.343 e. The van der Waals surface area contributed by atoms with Gasteiger partial charge in [0.2, 0.25) is 5.91 Å². The maximum absolute atomic E-state index is 11.4. The number of hydrogen-bond acceptors (Lipinski definition) is 2. The van der Waals surface area contributed by atoms with Crippen LogP contribution >= 0.6 is 0 Å². The molecule has 0 aromatic rings. The van der Waals surface area contributed by atoms with Gasteiger partial charge in [-0.2, -0.15) is 5.26 Å². The van der Waals surface area contributed by atoms with E-state index in [0.29, 0.717) is 12.8 Å². The predicted molar refractivity (Wildman–Crippen MR) is 49.8 cm³/mol. The van der Waals surface area contributed by atoms with E-state index >= 15 is 0 Å². The van der Waals surface area contributed by atoms with Crippen LogP contribution in [0.5, 0.6) is 0 Å². The van der Waals surface area contributed by atoms with Crippen molar-refractivity contribution in [3.05, 3.63) is 0 Å². The monoisotopic (exact) mass is 180 g/mol. The first-order valence-corrected chi connectivity index (χ1v) is 4.88. The lowest BCUT2D eigenvalue weighted by Crippen LogP contribution is -2.37. The summed E-state index contributed by atoms with van der Waals surface area (Å²) in [5.74, 6) is 0.897. The zero-order chi connectivity index (χ0) is 9.68. The van der Waals surface area contributed by atoms with Gasteiger partial charge in [0.15, 0.2) is 0 Å². The summed E-state index contributed by atoms with van der Waals surface area (Å²) in [6, 6.07) is 2.00. The summed E-state index contributed by atoms with van der Waals surface area (Å²) in [5, 5.41) is 8.33. The topological polar surface area (TPSA) is 44.1 Å². The molecule has 13 heavy (non-hydrogen) atoms. The van der Waals surface area contributed by atoms with Crippen LogP contribution in [0, 0.1) is 17.2 Å². The van der Waals surface area contributed by atoms with Gasteiger partial charge < -0.3 is 4.90 Å². The third-order valence-electron chi connectivity index (χ3n) is 2.59. The van der Waals surface area contributed by atoms with Crippen molar-refractivity contribution >= 4 is 5.91 Å². The molecule has 0 aromatic carbocycles. The molecule has 0 aromatic heterocycles. The van der Waals surface area contributed by atoms with Crippen molar-refractivity contribution in [1.82, 2.24) is 4.90 Å². The van der Waals surface area contributed by atoms with E-state index in [0.717, 1.165) is 31.8 Å². The number of carbonyl (C=O) groups excluding carboxylic acids is 1. The van der Waals surface area contributed by atoms with Crippen LogP contribution in [0.15, 0.2) is 0 Å². The van der Waals surface area contributed by atoms with Crippen molar-refractivity contribution < 1.29 is 4.79 Å². The van der Waals surface area contributed by atoms with Gasteiger partial charge in [-0.05, 0) is 18.8 Å². The maximum atomic E-state index is 11.4. The first-order valence-electron chi connectivity index (χ1n) is 4.88. The van der Waals surface area contributed by atoms with E-state index in [2.05, 4.69) is 6.92 Å². The Morgan fingerprint density at radius 3 is 2.69 bits per heavy atom. The molecule has 3 nitrogen and oxygen atoms in total. The molecule has 0 unspecified atom stereocenters. The van der Waals surface area contributed by atoms with Crippen LogP contribution in [0.4, 0.5) is 0 Å². The van der Waals surface area contributed by atoms with Crippen molar-refractivity contribution in [3.63, 3.8) is 0 Å². The van der Waals surface area contributed by atoms with Gasteiger partial charge in [0, 0.05) is 25.9 Å². The minimum absolute atomic E-state index is 0.147. The molecule has 1 aliphatic rings. The Labute approximate surface area is 79.3 Å². The van der Waals surface area contributed by atoms with Gasteiger partial charge in [-0.3, -0.25) is 4.79 Å². The molecule has 1 fully saturated rings. The van der Waals surface area contributed by atoms with Gasteiger partial charge in [-0.1, -0.05) is 6.92 Å². The Morgan fingerprint density at radius 1 is 1.54 bits per heavy atom. The summed E-state index contributed by atoms with van der Waals surface area (Å²) < 4.78 is 0. The number of rotatable bonds is 2. The molecule has 0 spiro atoms. The molecule has 3 heteroatoms. The van der Waals surface area contributed by atoms with Crippen molar-refractivity contribution in [3.8, 4) is 6.07 Å². The Morgan fingerprint density at radius 2 is 2.15 bits per heavy atom. The third-order valence-corrected chi connectivity index (χ3v) is 2.59. The second-order valence-electron chi connectivity index (χ2n) is 3.72. The van der Waals surface area contributed by atoms with E-state index in [1.54, 1.807) is 0 Å². The third kappa shape index (κ3) is 3.06. The van der Waals surface area contributed by atoms with Gasteiger partial charge in [0.25, 0.3) is 0 Å². The fraction of sp³-hybridized carbons (Fsp3) is 0.800. The normalized spacial score (nSPS) is 18.3. The van der Waals surface area contributed by atoms with Gasteiger partial charge in [-0.25, -0.2) is 0 Å². The largest absolute Gasteiger partial charge is 0.343 e. The van der Waals surface area contributed by atoms with Gasteiger partial charge in [-0.15, -0.1) is 0 Å². The smallest absolute Gasteiger partial charge is 0.223 e. The van der Waals surface area contributed by atoms with Crippen molar-refractivity contribution in [2.24, 2.45) is 5.92 Å². The number of piperidine rings is 1. The highest BCUT2D eigenvalue weighted by Crippen LogP contribution is 2.16. The van der Waals surface area contributed by atoms with Crippen LogP contribution in [0.2, 0.25) is 0 Å². The zero-order valence-electron chi connectivity index (χ0n) is 8.12. The molecule has 1 heterocycles. The summed E-state index contributed by atoms with van der Waals surface area (Å²) in [7, 11) is 0. The van der Waals surface area contributed by atoms with E-state index in [-0.39, 0.29) is 5.91 Å². The van der Waals surface area contributed by atoms with Crippen LogP contribution < -0.4 is 0 Å². The average molecular weight is 180 g/mol. The molecular formula is C10H16N2O. The Kier molecular flexibility index (Phi) is 3.75. The number of nitrogens with zero attached hydrogens (tertiary/aromatic N) is 2. The summed E-state index contributed by atoms with van der Waals surface area (Å²) in [6.07, 6.45) is 2.96. The zero-order valence-corrected chi connectivity index (χ0v) is 8.12. The highest BCUT2D eigenvalue weighted by atomic mass is 16.2. The van der Waals surface area contributed by atoms with Crippen LogP contribution in [-0.4, -0.2) is 23.9 Å². The van der Waals surface area contributed by atoms with Crippen molar-refractivity contribution in [2.45, 2.75) is 32.6 Å². The molecule has 0 N–H and O–H groups in total. The summed E-state index contributed by atoms with van der Waals surface area (Å²) in [6.45, 7) is 3.98. The summed E-state index contributed by atoms with van der Waals surface area (Å²) in [5.41, 5.74) is 0. The number of carbonyl (C=O) groups is 1. The number of amides is 1. The van der Waals surface area contributed by atoms with Gasteiger partial charge >= 0.3 is 0 Å². The molecule has 0 aliphatic carbocycles. The van der Waals surface area contributed by atoms with Crippen molar-refractivity contribution in [2.75, 3.05) is 13.1 Å². The molecule has 1 saturated heterocycles. The second-order valence-corrected chi connectivity index (χ2v) is 3.72. The highest BCUT2D eigenvalue weighted by molar-refractivity contribution is 5.76. The Hall–Kier alpha value is -1.04. The number of nitriles is 1. The standard InChI is InChI=1S/C10H16N2O/c1-9-4-7-12(8-5-9)10(13)3-2-6-11/h9H,2-5,7-8H2,1H3. The van der Waals surface area contributed by atoms with Crippen LogP contribution in [0.25, 0.3) is 0 Å². The summed E-state index contributed by atoms with van der Waals surface area (Å²) in [4.78, 5) is 13.3. The molecule has 0 saturated carbocycles. The lowest BCUT2D eigenvalue weighted by molar-refractivity contribution is -0.132. The lowest BCUT2D eigenvalue weighted by Gasteiger charge is -2.30. The second kappa shape index (κ2) is 4.86. The molecule has 0 radical (unpaired) electrons. The quantitative estimate of drug-likeness (QED) is 0.647. The van der Waals surface area contributed by atoms with Crippen LogP contribution in [0.1, 0.15) is 32.6 Å². The van der Waals surface area contributed by atoms with Crippen molar-refractivity contribution in [1.29, 1.82) is 5.26 Å². The highest BCUT2D eigenvalue weighted by Gasteiger charge is 2.19. The van der Waals surface area contributed by atoms with E-state index in [1.165, 1.54) is 0 Å². The van der Waals surface area contributed by atoms with E-state index < -0.39 is 0 Å².